The second kappa shape index (κ2) is 6.84. The predicted octanol–water partition coefficient (Wildman–Crippen LogP) is 1.88. The molecule has 1 aromatic carbocycles. The molecule has 0 saturated heterocycles. The molecule has 2 aliphatic heterocycles. The van der Waals surface area contributed by atoms with Crippen LogP contribution in [0.4, 0.5) is 0 Å². The van der Waals surface area contributed by atoms with Crippen LogP contribution in [0.3, 0.4) is 0 Å². The number of esters is 1. The zero-order chi connectivity index (χ0) is 18.9. The number of rotatable bonds is 4. The van der Waals surface area contributed by atoms with Crippen LogP contribution in [0.2, 0.25) is 0 Å². The molecule has 1 aromatic heterocycles. The van der Waals surface area contributed by atoms with Gasteiger partial charge in [0.15, 0.2) is 0 Å². The second-order valence-electron chi connectivity index (χ2n) is 5.93. The average Bonchev–Trinajstić information content (AvgIpc) is 3.15. The Balaban J connectivity index is 1.40. The number of hydrogen-bond donors (Lipinski definition) is 0. The molecule has 138 valence electrons. The zero-order valence-electron chi connectivity index (χ0n) is 14.1. The maximum atomic E-state index is 12.3. The third-order valence-corrected chi connectivity index (χ3v) is 5.15. The topological polar surface area (TPSA) is 102 Å². The van der Waals surface area contributed by atoms with Gasteiger partial charge in [-0.1, -0.05) is 18.2 Å². The van der Waals surface area contributed by atoms with Crippen LogP contribution in [-0.4, -0.2) is 42.4 Å². The number of oxazole rings is 1. The lowest BCUT2D eigenvalue weighted by atomic mass is 10.2. The van der Waals surface area contributed by atoms with E-state index in [1.54, 1.807) is 4.90 Å². The molecule has 0 bridgehead atoms. The summed E-state index contributed by atoms with van der Waals surface area (Å²) in [6, 6.07) is 9.40. The first-order valence-electron chi connectivity index (χ1n) is 8.16. The largest absolute Gasteiger partial charge is 0.455 e. The van der Waals surface area contributed by atoms with Crippen LogP contribution in [0.5, 0.6) is 0 Å². The summed E-state index contributed by atoms with van der Waals surface area (Å²) in [5.41, 5.74) is 1.63. The van der Waals surface area contributed by atoms with Gasteiger partial charge in [0.1, 0.15) is 24.4 Å². The van der Waals surface area contributed by atoms with Gasteiger partial charge in [-0.15, -0.1) is 4.40 Å². The summed E-state index contributed by atoms with van der Waals surface area (Å²) in [5.74, 6) is 0.114. The van der Waals surface area contributed by atoms with Crippen molar-refractivity contribution in [1.29, 1.82) is 0 Å². The van der Waals surface area contributed by atoms with Crippen LogP contribution < -0.4 is 0 Å². The summed E-state index contributed by atoms with van der Waals surface area (Å²) in [6.45, 7) is 0.210. The summed E-state index contributed by atoms with van der Waals surface area (Å²) in [6.07, 6.45) is 5.95. The lowest BCUT2D eigenvalue weighted by Gasteiger charge is -2.26. The molecular weight excluding hydrogens is 370 g/mol. The van der Waals surface area contributed by atoms with Crippen LogP contribution in [0, 0.1) is 0 Å². The van der Waals surface area contributed by atoms with Crippen LogP contribution in [0.15, 0.2) is 69.3 Å². The van der Waals surface area contributed by atoms with E-state index in [1.807, 2.05) is 30.3 Å². The first kappa shape index (κ1) is 17.2. The van der Waals surface area contributed by atoms with Gasteiger partial charge in [0.05, 0.1) is 11.3 Å². The van der Waals surface area contributed by atoms with E-state index in [4.69, 9.17) is 9.15 Å². The Morgan fingerprint density at radius 2 is 2.04 bits per heavy atom. The summed E-state index contributed by atoms with van der Waals surface area (Å²) < 4.78 is 37.4. The van der Waals surface area contributed by atoms with Gasteiger partial charge in [-0.2, -0.15) is 0 Å². The quantitative estimate of drug-likeness (QED) is 0.741. The number of carbonyl (C=O) groups is 1. The molecule has 3 heterocycles. The molecule has 9 heteroatoms. The van der Waals surface area contributed by atoms with Gasteiger partial charge >= 0.3 is 5.97 Å². The first-order valence-corrected chi connectivity index (χ1v) is 9.77. The number of aromatic nitrogens is 1. The lowest BCUT2D eigenvalue weighted by Crippen LogP contribution is -2.37. The molecule has 0 N–H and O–H groups in total. The highest BCUT2D eigenvalue weighted by molar-refractivity contribution is 7.90. The Bertz CT molecular complexity index is 1070. The highest BCUT2D eigenvalue weighted by Crippen LogP contribution is 2.19. The molecular formula is C18H15N3O5S. The summed E-state index contributed by atoms with van der Waals surface area (Å²) in [7, 11) is -3.43. The number of carbonyl (C=O) groups excluding carboxylic acids is 1. The normalized spacial score (nSPS) is 17.7. The SMILES string of the molecule is O=C(OCc1coc(-c2ccccc2)n1)C1=CN2CCS(=O)(=O)N=C2C=C1. The molecule has 4 rings (SSSR count). The smallest absolute Gasteiger partial charge is 0.340 e. The number of sulfonamides is 1. The van der Waals surface area contributed by atoms with E-state index >= 15 is 0 Å². The van der Waals surface area contributed by atoms with Crippen LogP contribution in [0.1, 0.15) is 5.69 Å². The first-order chi connectivity index (χ1) is 13.0. The van der Waals surface area contributed by atoms with Gasteiger partial charge in [0.25, 0.3) is 10.0 Å². The minimum absolute atomic E-state index is 0.0321. The zero-order valence-corrected chi connectivity index (χ0v) is 14.9. The van der Waals surface area contributed by atoms with Crippen molar-refractivity contribution in [3.63, 3.8) is 0 Å². The van der Waals surface area contributed by atoms with Gasteiger partial charge in [0.2, 0.25) is 5.89 Å². The van der Waals surface area contributed by atoms with Crippen molar-refractivity contribution >= 4 is 21.8 Å². The fraction of sp³-hybridized carbons (Fsp3) is 0.167. The number of hydrogen-bond acceptors (Lipinski definition) is 7. The number of benzene rings is 1. The maximum absolute atomic E-state index is 12.3. The van der Waals surface area contributed by atoms with Crippen LogP contribution >= 0.6 is 0 Å². The van der Waals surface area contributed by atoms with Crippen molar-refractivity contribution in [3.8, 4) is 11.5 Å². The third kappa shape index (κ3) is 3.82. The van der Waals surface area contributed by atoms with E-state index in [2.05, 4.69) is 9.38 Å². The fourth-order valence-corrected chi connectivity index (χ4v) is 3.60. The highest BCUT2D eigenvalue weighted by atomic mass is 32.2. The summed E-state index contributed by atoms with van der Waals surface area (Å²) in [5, 5.41) is 0. The van der Waals surface area contributed by atoms with Crippen LogP contribution in [-0.2, 0) is 26.2 Å². The molecule has 0 radical (unpaired) electrons. The van der Waals surface area contributed by atoms with Crippen molar-refractivity contribution in [3.05, 3.63) is 66.2 Å². The number of nitrogens with zero attached hydrogens (tertiary/aromatic N) is 3. The van der Waals surface area contributed by atoms with E-state index in [0.717, 1.165) is 5.56 Å². The molecule has 0 aliphatic carbocycles. The second-order valence-corrected chi connectivity index (χ2v) is 7.69. The molecule has 0 atom stereocenters. The predicted molar refractivity (Wildman–Crippen MR) is 96.9 cm³/mol. The van der Waals surface area contributed by atoms with E-state index in [-0.39, 0.29) is 18.9 Å². The molecule has 0 unspecified atom stereocenters. The standard InChI is InChI=1S/C18H15N3O5S/c22-18(14-6-7-16-20-27(23,24)9-8-21(16)10-14)26-12-15-11-25-17(19-15)13-4-2-1-3-5-13/h1-7,10-11H,8-9,12H2. The number of ether oxygens (including phenoxy) is 1. The number of amidine groups is 1. The third-order valence-electron chi connectivity index (χ3n) is 3.98. The van der Waals surface area contributed by atoms with Crippen molar-refractivity contribution in [2.24, 2.45) is 4.40 Å². The van der Waals surface area contributed by atoms with Gasteiger partial charge in [-0.25, -0.2) is 18.2 Å². The molecule has 0 amide bonds. The Labute approximate surface area is 155 Å². The van der Waals surface area contributed by atoms with Gasteiger partial charge < -0.3 is 14.1 Å². The molecule has 2 aromatic rings. The Morgan fingerprint density at radius 1 is 1.22 bits per heavy atom. The van der Waals surface area contributed by atoms with E-state index in [1.165, 1.54) is 24.6 Å². The molecule has 0 spiro atoms. The summed E-state index contributed by atoms with van der Waals surface area (Å²) >= 11 is 0. The Kier molecular flexibility index (Phi) is 4.36. The van der Waals surface area contributed by atoms with E-state index < -0.39 is 16.0 Å². The molecule has 2 aliphatic rings. The molecule has 0 saturated carbocycles. The van der Waals surface area contributed by atoms with E-state index in [0.29, 0.717) is 23.0 Å². The lowest BCUT2D eigenvalue weighted by molar-refractivity contribution is -0.140. The highest BCUT2D eigenvalue weighted by Gasteiger charge is 2.25. The minimum Gasteiger partial charge on any atom is -0.455 e. The maximum Gasteiger partial charge on any atom is 0.340 e. The molecule has 8 nitrogen and oxygen atoms in total. The minimum atomic E-state index is -3.43. The van der Waals surface area contributed by atoms with Crippen molar-refractivity contribution < 1.29 is 22.4 Å². The van der Waals surface area contributed by atoms with E-state index in [9.17, 15) is 13.2 Å². The van der Waals surface area contributed by atoms with Crippen molar-refractivity contribution in [1.82, 2.24) is 9.88 Å². The number of fused-ring (bicyclic) bond motifs is 1. The average molecular weight is 385 g/mol. The molecule has 0 fully saturated rings. The van der Waals surface area contributed by atoms with Crippen molar-refractivity contribution in [2.45, 2.75) is 6.61 Å². The molecule has 27 heavy (non-hydrogen) atoms. The van der Waals surface area contributed by atoms with Crippen molar-refractivity contribution in [2.75, 3.05) is 12.3 Å². The van der Waals surface area contributed by atoms with Gasteiger partial charge in [0, 0.05) is 18.3 Å². The van der Waals surface area contributed by atoms with Gasteiger partial charge in [-0.3, -0.25) is 0 Å². The Morgan fingerprint density at radius 3 is 2.85 bits per heavy atom. The van der Waals surface area contributed by atoms with Crippen LogP contribution in [0.25, 0.3) is 11.5 Å². The van der Waals surface area contributed by atoms with Gasteiger partial charge in [-0.05, 0) is 24.3 Å². The fourth-order valence-electron chi connectivity index (χ4n) is 2.63. The summed E-state index contributed by atoms with van der Waals surface area (Å²) in [4.78, 5) is 18.2. The monoisotopic (exact) mass is 385 g/mol. The Hall–Kier alpha value is -3.20.